The SMILES string of the molecule is Cc1cc(C)c(NC(=O)C(=O)Nc2cccc3cccnc23)c(Cl)c1. The molecule has 5 nitrogen and oxygen atoms in total. The number of aryl methyl sites for hydroxylation is 2. The molecule has 1 heterocycles. The van der Waals surface area contributed by atoms with Crippen LogP contribution >= 0.6 is 11.6 Å². The molecule has 2 aromatic carbocycles. The van der Waals surface area contributed by atoms with Crippen molar-refractivity contribution in [2.45, 2.75) is 13.8 Å². The van der Waals surface area contributed by atoms with Crippen molar-refractivity contribution in [1.29, 1.82) is 0 Å². The number of benzene rings is 2. The maximum Gasteiger partial charge on any atom is 0.314 e. The van der Waals surface area contributed by atoms with Crippen LogP contribution in [0.3, 0.4) is 0 Å². The first kappa shape index (κ1) is 16.9. The second-order valence-corrected chi connectivity index (χ2v) is 6.13. The minimum absolute atomic E-state index is 0.394. The molecule has 0 radical (unpaired) electrons. The number of fused-ring (bicyclic) bond motifs is 1. The van der Waals surface area contributed by atoms with Crippen molar-refractivity contribution >= 4 is 45.7 Å². The molecule has 0 saturated heterocycles. The number of hydrogen-bond donors (Lipinski definition) is 2. The van der Waals surface area contributed by atoms with Crippen LogP contribution in [-0.4, -0.2) is 16.8 Å². The Hall–Kier alpha value is -2.92. The first-order valence-electron chi connectivity index (χ1n) is 7.68. The molecule has 0 aliphatic heterocycles. The summed E-state index contributed by atoms with van der Waals surface area (Å²) in [4.78, 5) is 28.7. The Balaban J connectivity index is 1.81. The number of hydrogen-bond acceptors (Lipinski definition) is 3. The average molecular weight is 354 g/mol. The molecule has 0 aliphatic carbocycles. The fourth-order valence-corrected chi connectivity index (χ4v) is 3.00. The van der Waals surface area contributed by atoms with Gasteiger partial charge in [-0.25, -0.2) is 0 Å². The van der Waals surface area contributed by atoms with E-state index in [9.17, 15) is 9.59 Å². The molecule has 2 amide bonds. The Morgan fingerprint density at radius 2 is 1.72 bits per heavy atom. The molecule has 0 atom stereocenters. The second-order valence-electron chi connectivity index (χ2n) is 5.73. The molecule has 6 heteroatoms. The van der Waals surface area contributed by atoms with Gasteiger partial charge in [-0.3, -0.25) is 14.6 Å². The van der Waals surface area contributed by atoms with E-state index in [0.717, 1.165) is 16.5 Å². The predicted octanol–water partition coefficient (Wildman–Crippen LogP) is 4.08. The van der Waals surface area contributed by atoms with Gasteiger partial charge in [0, 0.05) is 11.6 Å². The zero-order valence-electron chi connectivity index (χ0n) is 13.8. The number of carbonyl (C=O) groups excluding carboxylic acids is 2. The number of aromatic nitrogens is 1. The number of nitrogens with zero attached hydrogens (tertiary/aromatic N) is 1. The van der Waals surface area contributed by atoms with Crippen molar-refractivity contribution in [2.75, 3.05) is 10.6 Å². The standard InChI is InChI=1S/C19H16ClN3O2/c1-11-9-12(2)16(14(20)10-11)23-19(25)18(24)22-15-7-3-5-13-6-4-8-21-17(13)15/h3-10H,1-2H3,(H,22,24)(H,23,25). The third-order valence-corrected chi connectivity index (χ3v) is 4.06. The van der Waals surface area contributed by atoms with E-state index in [4.69, 9.17) is 11.6 Å². The monoisotopic (exact) mass is 353 g/mol. The molecule has 25 heavy (non-hydrogen) atoms. The van der Waals surface area contributed by atoms with E-state index in [1.807, 2.05) is 38.1 Å². The van der Waals surface area contributed by atoms with Crippen molar-refractivity contribution < 1.29 is 9.59 Å². The number of halogens is 1. The Kier molecular flexibility index (Phi) is 4.67. The summed E-state index contributed by atoms with van der Waals surface area (Å²) >= 11 is 6.17. The van der Waals surface area contributed by atoms with Crippen LogP contribution in [0.1, 0.15) is 11.1 Å². The summed E-state index contributed by atoms with van der Waals surface area (Å²) in [6, 6.07) is 12.7. The van der Waals surface area contributed by atoms with Crippen molar-refractivity contribution in [3.8, 4) is 0 Å². The van der Waals surface area contributed by atoms with Gasteiger partial charge in [0.25, 0.3) is 0 Å². The minimum atomic E-state index is -0.790. The number of carbonyl (C=O) groups is 2. The fraction of sp³-hybridized carbons (Fsp3) is 0.105. The highest BCUT2D eigenvalue weighted by Crippen LogP contribution is 2.27. The third kappa shape index (κ3) is 3.61. The zero-order valence-corrected chi connectivity index (χ0v) is 14.5. The van der Waals surface area contributed by atoms with Crippen LogP contribution in [0.4, 0.5) is 11.4 Å². The van der Waals surface area contributed by atoms with Crippen LogP contribution in [0.2, 0.25) is 5.02 Å². The summed E-state index contributed by atoms with van der Waals surface area (Å²) in [7, 11) is 0. The van der Waals surface area contributed by atoms with Crippen molar-refractivity contribution in [3.05, 3.63) is 64.8 Å². The Morgan fingerprint density at radius 1 is 1.00 bits per heavy atom. The van der Waals surface area contributed by atoms with Crippen molar-refractivity contribution in [3.63, 3.8) is 0 Å². The molecule has 0 unspecified atom stereocenters. The Morgan fingerprint density at radius 3 is 2.48 bits per heavy atom. The highest BCUT2D eigenvalue weighted by molar-refractivity contribution is 6.45. The van der Waals surface area contributed by atoms with E-state index >= 15 is 0 Å². The van der Waals surface area contributed by atoms with Crippen LogP contribution in [-0.2, 0) is 9.59 Å². The number of anilines is 2. The summed E-state index contributed by atoms with van der Waals surface area (Å²) in [5, 5.41) is 6.44. The van der Waals surface area contributed by atoms with Crippen LogP contribution in [0.15, 0.2) is 48.7 Å². The van der Waals surface area contributed by atoms with Gasteiger partial charge in [0.05, 0.1) is 21.9 Å². The van der Waals surface area contributed by atoms with Gasteiger partial charge < -0.3 is 10.6 Å². The van der Waals surface area contributed by atoms with Crippen LogP contribution in [0, 0.1) is 13.8 Å². The number of pyridine rings is 1. The number of para-hydroxylation sites is 1. The average Bonchev–Trinajstić information content (AvgIpc) is 2.58. The van der Waals surface area contributed by atoms with Crippen LogP contribution in [0.5, 0.6) is 0 Å². The third-order valence-electron chi connectivity index (χ3n) is 3.76. The first-order chi connectivity index (χ1) is 12.0. The summed E-state index contributed by atoms with van der Waals surface area (Å²) in [5.41, 5.74) is 3.30. The Labute approximate surface area is 150 Å². The lowest BCUT2D eigenvalue weighted by Crippen LogP contribution is -2.29. The van der Waals surface area contributed by atoms with E-state index in [-0.39, 0.29) is 0 Å². The van der Waals surface area contributed by atoms with E-state index in [0.29, 0.717) is 21.9 Å². The van der Waals surface area contributed by atoms with E-state index < -0.39 is 11.8 Å². The first-order valence-corrected chi connectivity index (χ1v) is 8.06. The topological polar surface area (TPSA) is 71.1 Å². The molecule has 0 saturated carbocycles. The normalized spacial score (nSPS) is 10.5. The molecular formula is C19H16ClN3O2. The minimum Gasteiger partial charge on any atom is -0.316 e. The van der Waals surface area contributed by atoms with Gasteiger partial charge in [-0.15, -0.1) is 0 Å². The number of nitrogens with one attached hydrogen (secondary N) is 2. The lowest BCUT2D eigenvalue weighted by atomic mass is 10.1. The van der Waals surface area contributed by atoms with Gasteiger partial charge in [-0.2, -0.15) is 0 Å². The smallest absolute Gasteiger partial charge is 0.314 e. The number of amides is 2. The zero-order chi connectivity index (χ0) is 18.0. The molecule has 0 spiro atoms. The van der Waals surface area contributed by atoms with E-state index in [1.54, 1.807) is 24.4 Å². The largest absolute Gasteiger partial charge is 0.316 e. The summed E-state index contributed by atoms with van der Waals surface area (Å²) in [6.45, 7) is 3.73. The van der Waals surface area contributed by atoms with Crippen molar-refractivity contribution in [2.24, 2.45) is 0 Å². The highest BCUT2D eigenvalue weighted by atomic mass is 35.5. The molecule has 2 N–H and O–H groups in total. The van der Waals surface area contributed by atoms with Gasteiger partial charge in [0.2, 0.25) is 0 Å². The maximum atomic E-state index is 12.3. The molecule has 3 rings (SSSR count). The van der Waals surface area contributed by atoms with Gasteiger partial charge >= 0.3 is 11.8 Å². The predicted molar refractivity (Wildman–Crippen MR) is 99.9 cm³/mol. The molecular weight excluding hydrogens is 338 g/mol. The second kappa shape index (κ2) is 6.91. The molecule has 3 aromatic rings. The molecule has 0 bridgehead atoms. The Bertz CT molecular complexity index is 957. The molecule has 0 fully saturated rings. The summed E-state index contributed by atoms with van der Waals surface area (Å²) in [6.07, 6.45) is 1.63. The summed E-state index contributed by atoms with van der Waals surface area (Å²) in [5.74, 6) is -1.57. The molecule has 1 aromatic heterocycles. The van der Waals surface area contributed by atoms with Crippen LogP contribution in [0.25, 0.3) is 10.9 Å². The van der Waals surface area contributed by atoms with E-state index in [2.05, 4.69) is 15.6 Å². The fourth-order valence-electron chi connectivity index (χ4n) is 2.63. The molecule has 0 aliphatic rings. The van der Waals surface area contributed by atoms with Crippen LogP contribution < -0.4 is 10.6 Å². The number of rotatable bonds is 2. The van der Waals surface area contributed by atoms with Gasteiger partial charge in [0.15, 0.2) is 0 Å². The lowest BCUT2D eigenvalue weighted by Gasteiger charge is -2.12. The maximum absolute atomic E-state index is 12.3. The summed E-state index contributed by atoms with van der Waals surface area (Å²) < 4.78 is 0. The highest BCUT2D eigenvalue weighted by Gasteiger charge is 2.18. The van der Waals surface area contributed by atoms with Gasteiger partial charge in [-0.05, 0) is 43.2 Å². The quantitative estimate of drug-likeness (QED) is 0.682. The molecule has 126 valence electrons. The van der Waals surface area contributed by atoms with E-state index in [1.165, 1.54) is 0 Å². The lowest BCUT2D eigenvalue weighted by molar-refractivity contribution is -0.132. The van der Waals surface area contributed by atoms with Crippen molar-refractivity contribution in [1.82, 2.24) is 4.98 Å². The van der Waals surface area contributed by atoms with Gasteiger partial charge in [-0.1, -0.05) is 35.9 Å². The van der Waals surface area contributed by atoms with Gasteiger partial charge in [0.1, 0.15) is 0 Å².